The number of hydrogen-bond acceptors (Lipinski definition) is 1. The average molecular weight is 195 g/mol. The minimum atomic E-state index is 0.871. The van der Waals surface area contributed by atoms with Crippen LogP contribution in [0.3, 0.4) is 0 Å². The Balaban J connectivity index is 1.61. The highest BCUT2D eigenvalue weighted by molar-refractivity contribution is 4.87. The zero-order chi connectivity index (χ0) is 9.80. The first-order valence-electron chi connectivity index (χ1n) is 6.63. The molecule has 2 fully saturated rings. The minimum absolute atomic E-state index is 0.871. The van der Waals surface area contributed by atoms with Gasteiger partial charge in [0.15, 0.2) is 0 Å². The molecule has 1 nitrogen and oxygen atoms in total. The molecule has 0 aromatic carbocycles. The topological polar surface area (TPSA) is 12.0 Å². The predicted octanol–water partition coefficient (Wildman–Crippen LogP) is 3.34. The number of hydrogen-bond donors (Lipinski definition) is 1. The maximum Gasteiger partial charge on any atom is 0.00954 e. The van der Waals surface area contributed by atoms with Crippen molar-refractivity contribution in [1.82, 2.24) is 5.32 Å². The standard InChI is InChI=1S/C13H25N/c1-2-10-14-13(12-7-8-12)9-6-11-4-3-5-11/h11-14H,2-10H2,1H3. The Morgan fingerprint density at radius 1 is 1.21 bits per heavy atom. The van der Waals surface area contributed by atoms with Crippen LogP contribution in [0.25, 0.3) is 0 Å². The summed E-state index contributed by atoms with van der Waals surface area (Å²) < 4.78 is 0. The van der Waals surface area contributed by atoms with Gasteiger partial charge in [0.1, 0.15) is 0 Å². The average Bonchev–Trinajstić information content (AvgIpc) is 2.91. The van der Waals surface area contributed by atoms with Crippen molar-refractivity contribution < 1.29 is 0 Å². The van der Waals surface area contributed by atoms with Gasteiger partial charge in [-0.2, -0.15) is 0 Å². The van der Waals surface area contributed by atoms with Crippen LogP contribution in [0.2, 0.25) is 0 Å². The van der Waals surface area contributed by atoms with Crippen LogP contribution in [-0.2, 0) is 0 Å². The van der Waals surface area contributed by atoms with E-state index >= 15 is 0 Å². The second-order valence-corrected chi connectivity index (χ2v) is 5.27. The fourth-order valence-electron chi connectivity index (χ4n) is 2.53. The van der Waals surface area contributed by atoms with Gasteiger partial charge < -0.3 is 5.32 Å². The van der Waals surface area contributed by atoms with E-state index in [-0.39, 0.29) is 0 Å². The summed E-state index contributed by atoms with van der Waals surface area (Å²) in [5.74, 6) is 2.14. The summed E-state index contributed by atoms with van der Waals surface area (Å²) >= 11 is 0. The lowest BCUT2D eigenvalue weighted by Gasteiger charge is -2.27. The number of nitrogens with one attached hydrogen (secondary N) is 1. The fourth-order valence-corrected chi connectivity index (χ4v) is 2.53. The Morgan fingerprint density at radius 2 is 2.00 bits per heavy atom. The van der Waals surface area contributed by atoms with E-state index in [1.54, 1.807) is 0 Å². The van der Waals surface area contributed by atoms with Gasteiger partial charge in [0, 0.05) is 6.04 Å². The molecule has 1 N–H and O–H groups in total. The minimum Gasteiger partial charge on any atom is -0.314 e. The van der Waals surface area contributed by atoms with E-state index in [0.29, 0.717) is 0 Å². The summed E-state index contributed by atoms with van der Waals surface area (Å²) in [6.07, 6.45) is 11.8. The van der Waals surface area contributed by atoms with Crippen molar-refractivity contribution in [3.8, 4) is 0 Å². The van der Waals surface area contributed by atoms with Gasteiger partial charge in [-0.15, -0.1) is 0 Å². The molecule has 1 heteroatoms. The number of rotatable bonds is 7. The molecule has 0 radical (unpaired) electrons. The van der Waals surface area contributed by atoms with Crippen LogP contribution >= 0.6 is 0 Å². The zero-order valence-electron chi connectivity index (χ0n) is 9.60. The summed E-state index contributed by atoms with van der Waals surface area (Å²) in [5.41, 5.74) is 0. The Hall–Kier alpha value is -0.0400. The van der Waals surface area contributed by atoms with Gasteiger partial charge in [0.05, 0.1) is 0 Å². The molecule has 0 aromatic rings. The van der Waals surface area contributed by atoms with Crippen molar-refractivity contribution in [3.05, 3.63) is 0 Å². The molecule has 1 unspecified atom stereocenters. The molecule has 2 aliphatic rings. The van der Waals surface area contributed by atoms with Gasteiger partial charge in [-0.1, -0.05) is 26.2 Å². The van der Waals surface area contributed by atoms with Crippen molar-refractivity contribution in [1.29, 1.82) is 0 Å². The van der Waals surface area contributed by atoms with Crippen LogP contribution < -0.4 is 5.32 Å². The van der Waals surface area contributed by atoms with E-state index < -0.39 is 0 Å². The second-order valence-electron chi connectivity index (χ2n) is 5.27. The molecule has 0 aromatic heterocycles. The molecule has 2 rings (SSSR count). The van der Waals surface area contributed by atoms with E-state index in [0.717, 1.165) is 17.9 Å². The van der Waals surface area contributed by atoms with Crippen molar-refractivity contribution >= 4 is 0 Å². The van der Waals surface area contributed by atoms with Crippen molar-refractivity contribution in [2.24, 2.45) is 11.8 Å². The first-order chi connectivity index (χ1) is 6.90. The Kier molecular flexibility index (Phi) is 3.86. The van der Waals surface area contributed by atoms with Crippen molar-refractivity contribution in [3.63, 3.8) is 0 Å². The van der Waals surface area contributed by atoms with Gasteiger partial charge in [-0.25, -0.2) is 0 Å². The third-order valence-electron chi connectivity index (χ3n) is 3.96. The van der Waals surface area contributed by atoms with E-state index in [9.17, 15) is 0 Å². The van der Waals surface area contributed by atoms with E-state index in [4.69, 9.17) is 0 Å². The maximum atomic E-state index is 3.73. The molecule has 2 aliphatic carbocycles. The monoisotopic (exact) mass is 195 g/mol. The largest absolute Gasteiger partial charge is 0.314 e. The van der Waals surface area contributed by atoms with Crippen molar-refractivity contribution in [2.45, 2.75) is 64.3 Å². The summed E-state index contributed by atoms with van der Waals surface area (Å²) in [5, 5.41) is 3.73. The SMILES string of the molecule is CCCNC(CCC1CCC1)C1CC1. The molecule has 2 saturated carbocycles. The smallest absolute Gasteiger partial charge is 0.00954 e. The molecule has 0 heterocycles. The van der Waals surface area contributed by atoms with E-state index in [1.165, 1.54) is 57.9 Å². The molecule has 14 heavy (non-hydrogen) atoms. The molecule has 0 bridgehead atoms. The van der Waals surface area contributed by atoms with E-state index in [2.05, 4.69) is 12.2 Å². The molecular weight excluding hydrogens is 170 g/mol. The molecule has 0 saturated heterocycles. The summed E-state index contributed by atoms with van der Waals surface area (Å²) in [7, 11) is 0. The highest BCUT2D eigenvalue weighted by Crippen LogP contribution is 2.37. The Labute approximate surface area is 88.7 Å². The molecule has 0 spiro atoms. The maximum absolute atomic E-state index is 3.73. The first kappa shape index (κ1) is 10.5. The Bertz CT molecular complexity index is 159. The fraction of sp³-hybridized carbons (Fsp3) is 1.00. The van der Waals surface area contributed by atoms with Gasteiger partial charge in [0.2, 0.25) is 0 Å². The Morgan fingerprint density at radius 3 is 2.50 bits per heavy atom. The first-order valence-corrected chi connectivity index (χ1v) is 6.63. The summed E-state index contributed by atoms with van der Waals surface area (Å²) in [6.45, 7) is 3.49. The van der Waals surface area contributed by atoms with E-state index in [1.807, 2.05) is 0 Å². The van der Waals surface area contributed by atoms with Gasteiger partial charge >= 0.3 is 0 Å². The van der Waals surface area contributed by atoms with Crippen LogP contribution in [0.15, 0.2) is 0 Å². The van der Waals surface area contributed by atoms with Crippen LogP contribution in [0.4, 0.5) is 0 Å². The third kappa shape index (κ3) is 2.98. The quantitative estimate of drug-likeness (QED) is 0.657. The highest BCUT2D eigenvalue weighted by atomic mass is 14.9. The van der Waals surface area contributed by atoms with Crippen LogP contribution in [0.5, 0.6) is 0 Å². The zero-order valence-corrected chi connectivity index (χ0v) is 9.60. The summed E-state index contributed by atoms with van der Waals surface area (Å²) in [4.78, 5) is 0. The van der Waals surface area contributed by atoms with Crippen LogP contribution in [0, 0.1) is 11.8 Å². The molecule has 0 aliphatic heterocycles. The normalized spacial score (nSPS) is 24.6. The van der Waals surface area contributed by atoms with Gasteiger partial charge in [-0.05, 0) is 50.5 Å². The molecule has 1 atom stereocenters. The second kappa shape index (κ2) is 5.16. The lowest BCUT2D eigenvalue weighted by atomic mass is 9.81. The van der Waals surface area contributed by atoms with Crippen LogP contribution in [0.1, 0.15) is 58.3 Å². The van der Waals surface area contributed by atoms with Gasteiger partial charge in [0.25, 0.3) is 0 Å². The van der Waals surface area contributed by atoms with Gasteiger partial charge in [-0.3, -0.25) is 0 Å². The van der Waals surface area contributed by atoms with Crippen LogP contribution in [-0.4, -0.2) is 12.6 Å². The highest BCUT2D eigenvalue weighted by Gasteiger charge is 2.31. The molecular formula is C13H25N. The predicted molar refractivity (Wildman–Crippen MR) is 61.4 cm³/mol. The lowest BCUT2D eigenvalue weighted by Crippen LogP contribution is -2.32. The summed E-state index contributed by atoms with van der Waals surface area (Å²) in [6, 6.07) is 0.871. The molecule has 0 amide bonds. The molecule has 82 valence electrons. The lowest BCUT2D eigenvalue weighted by molar-refractivity contribution is 0.268. The van der Waals surface area contributed by atoms with Crippen molar-refractivity contribution in [2.75, 3.05) is 6.54 Å². The third-order valence-corrected chi connectivity index (χ3v) is 3.96.